The summed E-state index contributed by atoms with van der Waals surface area (Å²) in [6.07, 6.45) is 1.69. The van der Waals surface area contributed by atoms with Crippen LogP contribution in [0.2, 0.25) is 0 Å². The normalized spacial score (nSPS) is 11.5. The Morgan fingerprint density at radius 2 is 1.64 bits per heavy atom. The van der Waals surface area contributed by atoms with Crippen LogP contribution in [0.3, 0.4) is 0 Å². The monoisotopic (exact) mass is 317 g/mol. The molecule has 0 radical (unpaired) electrons. The lowest BCUT2D eigenvalue weighted by Crippen LogP contribution is -2.26. The molecule has 4 heteroatoms. The van der Waals surface area contributed by atoms with E-state index in [9.17, 15) is 8.42 Å². The molecule has 22 heavy (non-hydrogen) atoms. The van der Waals surface area contributed by atoms with E-state index in [0.717, 1.165) is 24.0 Å². The molecule has 0 bridgehead atoms. The van der Waals surface area contributed by atoms with Crippen molar-refractivity contribution in [2.75, 3.05) is 6.54 Å². The van der Waals surface area contributed by atoms with Crippen molar-refractivity contribution >= 4 is 10.0 Å². The summed E-state index contributed by atoms with van der Waals surface area (Å²) in [4.78, 5) is 0. The number of aryl methyl sites for hydroxylation is 3. The van der Waals surface area contributed by atoms with Gasteiger partial charge >= 0.3 is 0 Å². The van der Waals surface area contributed by atoms with Crippen LogP contribution in [0.15, 0.2) is 48.5 Å². The van der Waals surface area contributed by atoms with E-state index in [2.05, 4.69) is 29.8 Å². The highest BCUT2D eigenvalue weighted by Gasteiger charge is 2.10. The molecule has 2 rings (SSSR count). The van der Waals surface area contributed by atoms with E-state index in [0.29, 0.717) is 6.54 Å². The number of sulfonamides is 1. The van der Waals surface area contributed by atoms with Gasteiger partial charge in [-0.05, 0) is 37.8 Å². The van der Waals surface area contributed by atoms with Gasteiger partial charge in [0.25, 0.3) is 0 Å². The first-order chi connectivity index (χ1) is 10.4. The second-order valence-corrected chi connectivity index (χ2v) is 7.54. The fourth-order valence-corrected chi connectivity index (χ4v) is 3.53. The average molecular weight is 317 g/mol. The average Bonchev–Trinajstić information content (AvgIpc) is 2.46. The number of nitrogens with one attached hydrogen (secondary N) is 1. The van der Waals surface area contributed by atoms with Crippen molar-refractivity contribution in [2.45, 2.75) is 32.4 Å². The lowest BCUT2D eigenvalue weighted by atomic mass is 10.1. The predicted molar refractivity (Wildman–Crippen MR) is 91.3 cm³/mol. The third kappa shape index (κ3) is 5.62. The van der Waals surface area contributed by atoms with Crippen LogP contribution in [0.25, 0.3) is 0 Å². The lowest BCUT2D eigenvalue weighted by molar-refractivity contribution is 0.578. The fraction of sp³-hybridized carbons (Fsp3) is 0.333. The predicted octanol–water partition coefficient (Wildman–Crippen LogP) is 3.36. The Bertz CT molecular complexity index is 706. The summed E-state index contributed by atoms with van der Waals surface area (Å²) in [5, 5.41) is 0. The molecule has 3 nitrogen and oxygen atoms in total. The van der Waals surface area contributed by atoms with Gasteiger partial charge in [-0.15, -0.1) is 0 Å². The molecule has 0 aliphatic rings. The molecule has 2 aromatic rings. The summed E-state index contributed by atoms with van der Waals surface area (Å²) in [5.74, 6) is 0.0394. The fourth-order valence-electron chi connectivity index (χ4n) is 2.34. The van der Waals surface area contributed by atoms with Crippen LogP contribution < -0.4 is 4.72 Å². The molecular weight excluding hydrogens is 294 g/mol. The van der Waals surface area contributed by atoms with Crippen molar-refractivity contribution in [3.05, 3.63) is 70.8 Å². The van der Waals surface area contributed by atoms with Crippen LogP contribution in [0, 0.1) is 13.8 Å². The maximum atomic E-state index is 12.0. The van der Waals surface area contributed by atoms with Gasteiger partial charge in [0.05, 0.1) is 5.75 Å². The van der Waals surface area contributed by atoms with E-state index in [1.54, 1.807) is 0 Å². The van der Waals surface area contributed by atoms with Gasteiger partial charge in [-0.1, -0.05) is 59.7 Å². The summed E-state index contributed by atoms with van der Waals surface area (Å²) in [7, 11) is -3.26. The van der Waals surface area contributed by atoms with Gasteiger partial charge in [0.15, 0.2) is 0 Å². The van der Waals surface area contributed by atoms with Crippen molar-refractivity contribution in [1.29, 1.82) is 0 Å². The van der Waals surface area contributed by atoms with Gasteiger partial charge in [0.2, 0.25) is 10.0 Å². The molecule has 118 valence electrons. The minimum absolute atomic E-state index is 0.0394. The summed E-state index contributed by atoms with van der Waals surface area (Å²) in [6.45, 7) is 4.53. The Hall–Kier alpha value is -1.65. The summed E-state index contributed by atoms with van der Waals surface area (Å²) >= 11 is 0. The first-order valence-corrected chi connectivity index (χ1v) is 9.18. The molecule has 0 aliphatic heterocycles. The molecular formula is C18H23NO2S. The van der Waals surface area contributed by atoms with E-state index in [4.69, 9.17) is 0 Å². The molecule has 0 heterocycles. The van der Waals surface area contributed by atoms with Gasteiger partial charge < -0.3 is 0 Å². The zero-order valence-corrected chi connectivity index (χ0v) is 14.0. The molecule has 1 N–H and O–H groups in total. The van der Waals surface area contributed by atoms with Crippen LogP contribution in [-0.2, 0) is 22.2 Å². The molecule has 0 amide bonds. The van der Waals surface area contributed by atoms with Crippen molar-refractivity contribution < 1.29 is 8.42 Å². The van der Waals surface area contributed by atoms with Gasteiger partial charge in [-0.3, -0.25) is 0 Å². The van der Waals surface area contributed by atoms with Gasteiger partial charge in [0.1, 0.15) is 0 Å². The lowest BCUT2D eigenvalue weighted by Gasteiger charge is -2.07. The van der Waals surface area contributed by atoms with Gasteiger partial charge in [-0.2, -0.15) is 0 Å². The number of hydrogen-bond acceptors (Lipinski definition) is 2. The maximum absolute atomic E-state index is 12.0. The van der Waals surface area contributed by atoms with E-state index in [1.807, 2.05) is 37.3 Å². The molecule has 0 saturated carbocycles. The molecule has 0 spiro atoms. The molecule has 0 fully saturated rings. The van der Waals surface area contributed by atoms with E-state index in [-0.39, 0.29) is 5.75 Å². The van der Waals surface area contributed by atoms with Crippen LogP contribution in [0.4, 0.5) is 0 Å². The quantitative estimate of drug-likeness (QED) is 0.796. The number of benzene rings is 2. The maximum Gasteiger partial charge on any atom is 0.215 e. The topological polar surface area (TPSA) is 46.2 Å². The van der Waals surface area contributed by atoms with E-state index in [1.165, 1.54) is 11.1 Å². The summed E-state index contributed by atoms with van der Waals surface area (Å²) in [6, 6.07) is 15.9. The van der Waals surface area contributed by atoms with Gasteiger partial charge in [0, 0.05) is 6.54 Å². The van der Waals surface area contributed by atoms with Crippen molar-refractivity contribution in [2.24, 2.45) is 0 Å². The molecule has 2 aromatic carbocycles. The second kappa shape index (κ2) is 7.56. The van der Waals surface area contributed by atoms with Crippen molar-refractivity contribution in [1.82, 2.24) is 4.72 Å². The van der Waals surface area contributed by atoms with E-state index >= 15 is 0 Å². The van der Waals surface area contributed by atoms with Crippen molar-refractivity contribution in [3.8, 4) is 0 Å². The highest BCUT2D eigenvalue weighted by Crippen LogP contribution is 2.08. The largest absolute Gasteiger partial charge is 0.215 e. The molecule has 0 atom stereocenters. The Morgan fingerprint density at radius 3 is 2.32 bits per heavy atom. The summed E-state index contributed by atoms with van der Waals surface area (Å²) in [5.41, 5.74) is 4.43. The second-order valence-electron chi connectivity index (χ2n) is 5.73. The Balaban J connectivity index is 1.79. The SMILES string of the molecule is Cc1ccc(CS(=O)(=O)NCCCc2cccc(C)c2)cc1. The van der Waals surface area contributed by atoms with Crippen LogP contribution in [0.5, 0.6) is 0 Å². The minimum Gasteiger partial charge on any atom is -0.215 e. The third-order valence-electron chi connectivity index (χ3n) is 3.52. The Morgan fingerprint density at radius 1 is 0.909 bits per heavy atom. The third-order valence-corrected chi connectivity index (χ3v) is 4.88. The number of hydrogen-bond donors (Lipinski definition) is 1. The molecule has 0 unspecified atom stereocenters. The Labute approximate surface area is 133 Å². The first kappa shape index (κ1) is 16.7. The molecule has 0 aromatic heterocycles. The van der Waals surface area contributed by atoms with Gasteiger partial charge in [-0.25, -0.2) is 13.1 Å². The van der Waals surface area contributed by atoms with Crippen LogP contribution >= 0.6 is 0 Å². The minimum atomic E-state index is -3.26. The standard InChI is InChI=1S/C18H23NO2S/c1-15-8-10-18(11-9-15)14-22(20,21)19-12-4-7-17-6-3-5-16(2)13-17/h3,5-6,8-11,13,19H,4,7,12,14H2,1-2H3. The van der Waals surface area contributed by atoms with Crippen LogP contribution in [-0.4, -0.2) is 15.0 Å². The van der Waals surface area contributed by atoms with Crippen LogP contribution in [0.1, 0.15) is 28.7 Å². The van der Waals surface area contributed by atoms with Crippen molar-refractivity contribution in [3.63, 3.8) is 0 Å². The zero-order valence-electron chi connectivity index (χ0n) is 13.2. The summed E-state index contributed by atoms with van der Waals surface area (Å²) < 4.78 is 26.8. The molecule has 0 saturated heterocycles. The molecule has 0 aliphatic carbocycles. The Kier molecular flexibility index (Phi) is 5.75. The number of rotatable bonds is 7. The first-order valence-electron chi connectivity index (χ1n) is 7.53. The zero-order chi connectivity index (χ0) is 16.0. The van der Waals surface area contributed by atoms with E-state index < -0.39 is 10.0 Å². The highest BCUT2D eigenvalue weighted by atomic mass is 32.2. The highest BCUT2D eigenvalue weighted by molar-refractivity contribution is 7.88. The smallest absolute Gasteiger partial charge is 0.215 e.